The SMILES string of the molecule is COC(=O)C1CN(Cc2nc(N)ccc2Cl)CC1C. The fraction of sp³-hybridized carbons (Fsp3) is 0.538. The Hall–Kier alpha value is -1.33. The van der Waals surface area contributed by atoms with Gasteiger partial charge in [-0.15, -0.1) is 0 Å². The van der Waals surface area contributed by atoms with Crippen molar-refractivity contribution in [1.29, 1.82) is 0 Å². The smallest absolute Gasteiger partial charge is 0.310 e. The van der Waals surface area contributed by atoms with Crippen LogP contribution in [0.4, 0.5) is 5.82 Å². The maximum Gasteiger partial charge on any atom is 0.310 e. The zero-order chi connectivity index (χ0) is 14.0. The lowest BCUT2D eigenvalue weighted by Crippen LogP contribution is -2.24. The third kappa shape index (κ3) is 3.16. The van der Waals surface area contributed by atoms with Crippen LogP contribution in [-0.4, -0.2) is 36.1 Å². The largest absolute Gasteiger partial charge is 0.469 e. The fourth-order valence-electron chi connectivity index (χ4n) is 2.48. The Balaban J connectivity index is 2.05. The minimum atomic E-state index is -0.151. The van der Waals surface area contributed by atoms with Crippen LogP contribution in [0.3, 0.4) is 0 Å². The fourth-order valence-corrected chi connectivity index (χ4v) is 2.64. The van der Waals surface area contributed by atoms with Crippen molar-refractivity contribution in [2.45, 2.75) is 13.5 Å². The van der Waals surface area contributed by atoms with Crippen molar-refractivity contribution in [3.63, 3.8) is 0 Å². The average Bonchev–Trinajstić information content (AvgIpc) is 2.74. The molecule has 5 nitrogen and oxygen atoms in total. The van der Waals surface area contributed by atoms with E-state index >= 15 is 0 Å². The third-order valence-corrected chi connectivity index (χ3v) is 3.85. The monoisotopic (exact) mass is 283 g/mol. The van der Waals surface area contributed by atoms with Gasteiger partial charge in [-0.05, 0) is 18.1 Å². The molecule has 2 heterocycles. The molecule has 2 rings (SSSR count). The number of nitrogen functional groups attached to an aromatic ring is 1. The van der Waals surface area contributed by atoms with Crippen LogP contribution in [0.15, 0.2) is 12.1 Å². The molecular weight excluding hydrogens is 266 g/mol. The molecule has 1 fully saturated rings. The standard InChI is InChI=1S/C13H18ClN3O2/c1-8-5-17(6-9(8)13(18)19-2)7-11-10(14)3-4-12(15)16-11/h3-4,8-9H,5-7H2,1-2H3,(H2,15,16). The molecule has 1 aromatic heterocycles. The molecular formula is C13H18ClN3O2. The summed E-state index contributed by atoms with van der Waals surface area (Å²) in [6, 6.07) is 3.42. The summed E-state index contributed by atoms with van der Waals surface area (Å²) in [7, 11) is 1.42. The predicted octanol–water partition coefficient (Wildman–Crippen LogP) is 1.56. The number of ether oxygens (including phenoxy) is 1. The van der Waals surface area contributed by atoms with Crippen LogP contribution >= 0.6 is 11.6 Å². The molecule has 1 saturated heterocycles. The molecule has 0 aromatic carbocycles. The number of rotatable bonds is 3. The Bertz CT molecular complexity index is 481. The molecule has 0 aliphatic carbocycles. The second kappa shape index (κ2) is 5.75. The molecule has 2 atom stereocenters. The Kier molecular flexibility index (Phi) is 4.27. The highest BCUT2D eigenvalue weighted by Crippen LogP contribution is 2.26. The molecule has 0 bridgehead atoms. The molecule has 19 heavy (non-hydrogen) atoms. The van der Waals surface area contributed by atoms with Gasteiger partial charge in [0.15, 0.2) is 0 Å². The van der Waals surface area contributed by atoms with Crippen LogP contribution in [0.5, 0.6) is 0 Å². The van der Waals surface area contributed by atoms with E-state index in [-0.39, 0.29) is 17.8 Å². The molecule has 0 spiro atoms. The second-order valence-corrected chi connectivity index (χ2v) is 5.37. The van der Waals surface area contributed by atoms with Crippen molar-refractivity contribution in [2.24, 2.45) is 11.8 Å². The molecule has 0 amide bonds. The van der Waals surface area contributed by atoms with E-state index in [0.717, 1.165) is 12.2 Å². The predicted molar refractivity (Wildman–Crippen MR) is 73.6 cm³/mol. The summed E-state index contributed by atoms with van der Waals surface area (Å²) in [6.07, 6.45) is 0. The number of esters is 1. The maximum absolute atomic E-state index is 11.6. The lowest BCUT2D eigenvalue weighted by atomic mass is 9.99. The summed E-state index contributed by atoms with van der Waals surface area (Å²) >= 11 is 6.10. The minimum Gasteiger partial charge on any atom is -0.469 e. The van der Waals surface area contributed by atoms with Gasteiger partial charge < -0.3 is 10.5 Å². The Morgan fingerprint density at radius 2 is 2.32 bits per heavy atom. The first-order chi connectivity index (χ1) is 9.01. The quantitative estimate of drug-likeness (QED) is 0.853. The number of likely N-dealkylation sites (tertiary alicyclic amines) is 1. The number of hydrogen-bond donors (Lipinski definition) is 1. The Labute approximate surface area is 117 Å². The van der Waals surface area contributed by atoms with Crippen LogP contribution < -0.4 is 5.73 Å². The van der Waals surface area contributed by atoms with E-state index in [9.17, 15) is 4.79 Å². The first-order valence-electron chi connectivity index (χ1n) is 6.22. The number of halogens is 1. The van der Waals surface area contributed by atoms with Gasteiger partial charge in [0.05, 0.1) is 23.7 Å². The summed E-state index contributed by atoms with van der Waals surface area (Å²) < 4.78 is 4.82. The number of nitrogens with two attached hydrogens (primary N) is 1. The van der Waals surface area contributed by atoms with E-state index in [0.29, 0.717) is 23.9 Å². The topological polar surface area (TPSA) is 68.5 Å². The number of anilines is 1. The van der Waals surface area contributed by atoms with E-state index in [1.54, 1.807) is 12.1 Å². The zero-order valence-corrected chi connectivity index (χ0v) is 11.9. The van der Waals surface area contributed by atoms with Gasteiger partial charge in [-0.2, -0.15) is 0 Å². The van der Waals surface area contributed by atoms with Crippen molar-refractivity contribution >= 4 is 23.4 Å². The molecule has 2 N–H and O–H groups in total. The number of aromatic nitrogens is 1. The van der Waals surface area contributed by atoms with Crippen molar-refractivity contribution < 1.29 is 9.53 Å². The molecule has 6 heteroatoms. The number of methoxy groups -OCH3 is 1. The highest BCUT2D eigenvalue weighted by molar-refractivity contribution is 6.31. The van der Waals surface area contributed by atoms with E-state index in [1.165, 1.54) is 7.11 Å². The molecule has 1 aliphatic heterocycles. The van der Waals surface area contributed by atoms with Crippen LogP contribution in [0.2, 0.25) is 5.02 Å². The number of carbonyl (C=O) groups is 1. The lowest BCUT2D eigenvalue weighted by Gasteiger charge is -2.15. The van der Waals surface area contributed by atoms with Gasteiger partial charge >= 0.3 is 5.97 Å². The number of nitrogens with zero attached hydrogens (tertiary/aromatic N) is 2. The maximum atomic E-state index is 11.6. The van der Waals surface area contributed by atoms with E-state index in [4.69, 9.17) is 22.1 Å². The van der Waals surface area contributed by atoms with Crippen molar-refractivity contribution in [2.75, 3.05) is 25.9 Å². The highest BCUT2D eigenvalue weighted by Gasteiger charge is 2.35. The Morgan fingerprint density at radius 3 is 3.00 bits per heavy atom. The summed E-state index contributed by atoms with van der Waals surface area (Å²) in [5, 5.41) is 0.600. The van der Waals surface area contributed by atoms with Gasteiger partial charge in [-0.3, -0.25) is 9.69 Å². The van der Waals surface area contributed by atoms with Gasteiger partial charge in [0.1, 0.15) is 5.82 Å². The van der Waals surface area contributed by atoms with Gasteiger partial charge in [-0.1, -0.05) is 18.5 Å². The lowest BCUT2D eigenvalue weighted by molar-refractivity contribution is -0.146. The minimum absolute atomic E-state index is 0.0789. The van der Waals surface area contributed by atoms with Crippen molar-refractivity contribution in [3.05, 3.63) is 22.8 Å². The van der Waals surface area contributed by atoms with Gasteiger partial charge in [0.25, 0.3) is 0 Å². The summed E-state index contributed by atoms with van der Waals surface area (Å²) in [5.41, 5.74) is 6.41. The van der Waals surface area contributed by atoms with Crippen LogP contribution in [0, 0.1) is 11.8 Å². The highest BCUT2D eigenvalue weighted by atomic mass is 35.5. The summed E-state index contributed by atoms with van der Waals surface area (Å²) in [6.45, 7) is 4.14. The molecule has 1 aliphatic rings. The van der Waals surface area contributed by atoms with Crippen molar-refractivity contribution in [3.8, 4) is 0 Å². The Morgan fingerprint density at radius 1 is 1.58 bits per heavy atom. The second-order valence-electron chi connectivity index (χ2n) is 4.97. The number of carbonyl (C=O) groups excluding carboxylic acids is 1. The number of hydrogen-bond acceptors (Lipinski definition) is 5. The molecule has 0 saturated carbocycles. The zero-order valence-electron chi connectivity index (χ0n) is 11.1. The summed E-state index contributed by atoms with van der Waals surface area (Å²) in [5.74, 6) is 0.495. The molecule has 2 unspecified atom stereocenters. The van der Waals surface area contributed by atoms with Gasteiger partial charge in [-0.25, -0.2) is 4.98 Å². The average molecular weight is 284 g/mol. The normalized spacial score (nSPS) is 23.5. The first-order valence-corrected chi connectivity index (χ1v) is 6.60. The first kappa shape index (κ1) is 14.1. The molecule has 104 valence electrons. The van der Waals surface area contributed by atoms with E-state index < -0.39 is 0 Å². The van der Waals surface area contributed by atoms with Gasteiger partial charge in [0, 0.05) is 19.6 Å². The van der Waals surface area contributed by atoms with Crippen LogP contribution in [0.1, 0.15) is 12.6 Å². The van der Waals surface area contributed by atoms with E-state index in [2.05, 4.69) is 16.8 Å². The molecule has 1 aromatic rings. The molecule has 0 radical (unpaired) electrons. The van der Waals surface area contributed by atoms with Crippen LogP contribution in [0.25, 0.3) is 0 Å². The third-order valence-electron chi connectivity index (χ3n) is 3.51. The van der Waals surface area contributed by atoms with Gasteiger partial charge in [0.2, 0.25) is 0 Å². The van der Waals surface area contributed by atoms with E-state index in [1.807, 2.05) is 0 Å². The van der Waals surface area contributed by atoms with Crippen LogP contribution in [-0.2, 0) is 16.1 Å². The van der Waals surface area contributed by atoms with Crippen molar-refractivity contribution in [1.82, 2.24) is 9.88 Å². The number of pyridine rings is 1. The summed E-state index contributed by atoms with van der Waals surface area (Å²) in [4.78, 5) is 18.0.